The monoisotopic (exact) mass is 554 g/mol. The summed E-state index contributed by atoms with van der Waals surface area (Å²) in [5, 5.41) is 2.45. The van der Waals surface area contributed by atoms with Gasteiger partial charge in [-0.1, -0.05) is 110 Å². The molecule has 0 nitrogen and oxygen atoms in total. The Bertz CT molecular complexity index is 1810. The molecule has 10 radical (unpaired) electrons. The van der Waals surface area contributed by atoms with Crippen molar-refractivity contribution in [1.82, 2.24) is 0 Å². The molecule has 0 aliphatic carbocycles. The first kappa shape index (κ1) is 30.9. The van der Waals surface area contributed by atoms with Crippen LogP contribution in [0, 0.1) is 0 Å². The summed E-state index contributed by atoms with van der Waals surface area (Å²) < 4.78 is 2.45. The zero-order chi connectivity index (χ0) is 31.1. The Balaban J connectivity index is 1.97. The summed E-state index contributed by atoms with van der Waals surface area (Å²) >= 11 is 1.81. The van der Waals surface area contributed by atoms with E-state index in [1.165, 1.54) is 42.4 Å². The van der Waals surface area contributed by atoms with E-state index in [9.17, 15) is 0 Å². The number of hydrogen-bond acceptors (Lipinski definition) is 1. The highest BCUT2D eigenvalue weighted by Crippen LogP contribution is 2.47. The van der Waals surface area contributed by atoms with Crippen molar-refractivity contribution >= 4 is 98.1 Å². The predicted molar refractivity (Wildman–Crippen MR) is 193 cm³/mol. The molecule has 0 fully saturated rings. The maximum Gasteiger partial charge on any atom is 0.113 e. The molecule has 0 aliphatic heterocycles. The van der Waals surface area contributed by atoms with Crippen molar-refractivity contribution in [2.24, 2.45) is 0 Å². The van der Waals surface area contributed by atoms with Gasteiger partial charge in [0.25, 0.3) is 0 Å². The topological polar surface area (TPSA) is 0 Å². The van der Waals surface area contributed by atoms with E-state index in [1.807, 2.05) is 11.3 Å². The van der Waals surface area contributed by atoms with Crippen LogP contribution in [0.4, 0.5) is 0 Å². The molecule has 0 amide bonds. The molecule has 1 heterocycles. The second kappa shape index (κ2) is 10.3. The molecule has 5 rings (SSSR count). The zero-order valence-electron chi connectivity index (χ0n) is 26.4. The van der Waals surface area contributed by atoms with Crippen molar-refractivity contribution in [2.45, 2.75) is 78.6 Å². The van der Waals surface area contributed by atoms with Gasteiger partial charge < -0.3 is 0 Å². The van der Waals surface area contributed by atoms with Crippen LogP contribution in [0.25, 0.3) is 42.4 Å². The normalized spacial score (nSPS) is 12.9. The van der Waals surface area contributed by atoms with Crippen molar-refractivity contribution in [2.75, 3.05) is 0 Å². The van der Waals surface area contributed by atoms with Crippen LogP contribution >= 0.6 is 11.3 Å². The number of benzene rings is 4. The van der Waals surface area contributed by atoms with Crippen LogP contribution in [0.5, 0.6) is 0 Å². The van der Waals surface area contributed by atoms with Gasteiger partial charge >= 0.3 is 0 Å². The molecule has 42 heavy (non-hydrogen) atoms. The Morgan fingerprint density at radius 3 is 1.50 bits per heavy atom. The minimum atomic E-state index is -0.260. The van der Waals surface area contributed by atoms with Crippen molar-refractivity contribution in [1.29, 1.82) is 0 Å². The highest BCUT2D eigenvalue weighted by atomic mass is 32.1. The smallest absolute Gasteiger partial charge is 0.113 e. The molecule has 0 aliphatic rings. The molecule has 4 aromatic carbocycles. The predicted octanol–water partition coefficient (Wildman–Crippen LogP) is 5.25. The molecule has 5 aromatic rings. The summed E-state index contributed by atoms with van der Waals surface area (Å²) in [6.45, 7) is 20.4. The molecule has 0 saturated heterocycles. The molecule has 6 heteroatoms. The van der Waals surface area contributed by atoms with E-state index < -0.39 is 0 Å². The molecule has 200 valence electrons. The van der Waals surface area contributed by atoms with E-state index >= 15 is 0 Å². The number of hydrogen-bond donors (Lipinski definition) is 0. The Hall–Kier alpha value is -2.58. The van der Waals surface area contributed by atoms with E-state index in [0.717, 1.165) is 11.1 Å². The van der Waals surface area contributed by atoms with E-state index in [0.29, 0.717) is 16.5 Å². The van der Waals surface area contributed by atoms with Crippen LogP contribution in [0.3, 0.4) is 0 Å². The van der Waals surface area contributed by atoms with Crippen LogP contribution in [0.15, 0.2) is 48.5 Å². The van der Waals surface area contributed by atoms with E-state index in [4.69, 9.17) is 39.2 Å². The molecule has 0 atom stereocenters. The third-order valence-electron chi connectivity index (χ3n) is 8.36. The third-order valence-corrected chi connectivity index (χ3v) is 9.48. The van der Waals surface area contributed by atoms with Gasteiger partial charge in [-0.05, 0) is 67.3 Å². The first-order chi connectivity index (χ1) is 19.3. The summed E-state index contributed by atoms with van der Waals surface area (Å²) in [5.41, 5.74) is 9.05. The highest BCUT2D eigenvalue weighted by Gasteiger charge is 2.28. The van der Waals surface area contributed by atoms with E-state index in [-0.39, 0.29) is 32.6 Å². The second-order valence-electron chi connectivity index (χ2n) is 14.6. The Kier molecular flexibility index (Phi) is 7.54. The highest BCUT2D eigenvalue weighted by molar-refractivity contribution is 7.26. The number of fused-ring (bicyclic) bond motifs is 3. The lowest BCUT2D eigenvalue weighted by Gasteiger charge is -2.29. The van der Waals surface area contributed by atoms with Crippen LogP contribution in [-0.2, 0) is 16.2 Å². The van der Waals surface area contributed by atoms with E-state index in [1.54, 1.807) is 0 Å². The maximum absolute atomic E-state index is 6.63. The second-order valence-corrected chi connectivity index (χ2v) is 15.7. The molecular formula is C36H35B5S. The fourth-order valence-electron chi connectivity index (χ4n) is 5.93. The van der Waals surface area contributed by atoms with E-state index in [2.05, 4.69) is 111 Å². The third kappa shape index (κ3) is 5.13. The fraction of sp³-hybridized carbons (Fsp3) is 0.333. The summed E-state index contributed by atoms with van der Waals surface area (Å²) in [7, 11) is 32.1. The van der Waals surface area contributed by atoms with Gasteiger partial charge in [-0.25, -0.2) is 0 Å². The summed E-state index contributed by atoms with van der Waals surface area (Å²) in [4.78, 5) is 0. The minimum Gasteiger partial charge on any atom is -0.135 e. The Morgan fingerprint density at radius 1 is 0.500 bits per heavy atom. The maximum atomic E-state index is 6.63. The van der Waals surface area contributed by atoms with Gasteiger partial charge in [-0.3, -0.25) is 0 Å². The summed E-state index contributed by atoms with van der Waals surface area (Å²) in [6, 6.07) is 18.0. The van der Waals surface area contributed by atoms with Crippen molar-refractivity contribution in [3.05, 3.63) is 65.2 Å². The van der Waals surface area contributed by atoms with Gasteiger partial charge in [0.05, 0.1) is 0 Å². The van der Waals surface area contributed by atoms with Gasteiger partial charge in [-0.15, -0.1) is 27.7 Å². The first-order valence-corrected chi connectivity index (χ1v) is 15.3. The minimum absolute atomic E-state index is 0.00836. The standard InChI is InChI=1S/C36H35B5S/c1-34(2,3)19-15-18(16-20(17-19)35(4,5)6)21-11-10-12-23-25(21)27-24(42-23)14-13-22(28(27)36(7,8)9)26-29(37)31(39)33(41)32(40)30(26)38/h10-17H,1-9H3. The zero-order valence-corrected chi connectivity index (χ0v) is 27.2. The van der Waals surface area contributed by atoms with Crippen LogP contribution < -0.4 is 27.3 Å². The molecule has 0 unspecified atom stereocenters. The molecule has 0 spiro atoms. The summed E-state index contributed by atoms with van der Waals surface area (Å²) in [5.74, 6) is 0. The molecule has 1 aromatic heterocycles. The molecule has 0 bridgehead atoms. The van der Waals surface area contributed by atoms with Crippen LogP contribution in [-0.4, -0.2) is 39.2 Å². The Morgan fingerprint density at radius 2 is 1.00 bits per heavy atom. The average Bonchev–Trinajstić information content (AvgIpc) is 3.27. The lowest BCUT2D eigenvalue weighted by Crippen LogP contribution is -2.55. The van der Waals surface area contributed by atoms with Gasteiger partial charge in [0.1, 0.15) is 39.2 Å². The quantitative estimate of drug-likeness (QED) is 0.262. The van der Waals surface area contributed by atoms with Crippen LogP contribution in [0.1, 0.15) is 79.0 Å². The van der Waals surface area contributed by atoms with Crippen LogP contribution in [0.2, 0.25) is 0 Å². The lowest BCUT2D eigenvalue weighted by molar-refractivity contribution is 0.569. The molecule has 0 N–H and O–H groups in total. The van der Waals surface area contributed by atoms with Gasteiger partial charge in [0, 0.05) is 20.2 Å². The fourth-order valence-corrected chi connectivity index (χ4v) is 7.07. The number of rotatable bonds is 2. The van der Waals surface area contributed by atoms with Crippen molar-refractivity contribution in [3.63, 3.8) is 0 Å². The summed E-state index contributed by atoms with van der Waals surface area (Å²) in [6.07, 6.45) is 0. The van der Waals surface area contributed by atoms with Gasteiger partial charge in [-0.2, -0.15) is 0 Å². The Labute approximate surface area is 263 Å². The van der Waals surface area contributed by atoms with Crippen molar-refractivity contribution < 1.29 is 0 Å². The first-order valence-electron chi connectivity index (χ1n) is 14.5. The molecule has 0 saturated carbocycles. The molecular weight excluding hydrogens is 519 g/mol. The number of thiophene rings is 1. The largest absolute Gasteiger partial charge is 0.135 e. The van der Waals surface area contributed by atoms with Crippen molar-refractivity contribution in [3.8, 4) is 22.3 Å². The average molecular weight is 554 g/mol. The van der Waals surface area contributed by atoms with Gasteiger partial charge in [0.15, 0.2) is 0 Å². The SMILES string of the molecule is [B]c1c([B])c([B])c(-c2ccc3sc4cccc(-c5cc(C(C)(C)C)cc(C(C)(C)C)c5)c4c3c2C(C)(C)C)c([B])c1[B]. The van der Waals surface area contributed by atoms with Gasteiger partial charge in [0.2, 0.25) is 0 Å². The lowest BCUT2D eigenvalue weighted by atomic mass is 9.59.